The maximum absolute atomic E-state index is 12.6. The average molecular weight is 275 g/mol. The first kappa shape index (κ1) is 12.6. The van der Waals surface area contributed by atoms with E-state index in [1.165, 1.54) is 24.3 Å². The quantitative estimate of drug-likeness (QED) is 0.851. The summed E-state index contributed by atoms with van der Waals surface area (Å²) in [4.78, 5) is 10.8. The molecule has 1 aromatic carbocycles. The monoisotopic (exact) mass is 274 g/mol. The van der Waals surface area contributed by atoms with Gasteiger partial charge in [0.15, 0.2) is 12.0 Å². The zero-order valence-corrected chi connectivity index (χ0v) is 9.51. The van der Waals surface area contributed by atoms with Crippen LogP contribution in [0.5, 0.6) is 0 Å². The van der Waals surface area contributed by atoms with E-state index in [1.54, 1.807) is 0 Å². The Labute approximate surface area is 105 Å². The molecule has 94 valence electrons. The number of hydrogen-bond acceptors (Lipinski definition) is 2. The highest BCUT2D eigenvalue weighted by Gasteiger charge is 2.37. The molecule has 0 saturated heterocycles. The number of aromatic amines is 1. The molecule has 0 fully saturated rings. The van der Waals surface area contributed by atoms with Gasteiger partial charge in [-0.2, -0.15) is 18.3 Å². The van der Waals surface area contributed by atoms with E-state index < -0.39 is 17.4 Å². The van der Waals surface area contributed by atoms with Crippen LogP contribution in [-0.2, 0) is 6.18 Å². The molecule has 1 aromatic heterocycles. The number of aldehydes is 1. The molecule has 0 aliphatic carbocycles. The molecule has 0 radical (unpaired) electrons. The molecule has 0 aliphatic heterocycles. The highest BCUT2D eigenvalue weighted by molar-refractivity contribution is 6.30. The number of carbonyl (C=O) groups is 1. The Morgan fingerprint density at radius 1 is 1.22 bits per heavy atom. The molecule has 3 nitrogen and oxygen atoms in total. The largest absolute Gasteiger partial charge is 0.433 e. The van der Waals surface area contributed by atoms with Crippen LogP contribution in [0.1, 0.15) is 16.1 Å². The molecule has 0 amide bonds. The maximum atomic E-state index is 12.6. The summed E-state index contributed by atoms with van der Waals surface area (Å²) in [6.45, 7) is 0. The second-order valence-corrected chi connectivity index (χ2v) is 3.92. The molecular weight excluding hydrogens is 269 g/mol. The Hall–Kier alpha value is -1.82. The van der Waals surface area contributed by atoms with E-state index in [4.69, 9.17) is 11.6 Å². The number of aromatic nitrogens is 2. The van der Waals surface area contributed by atoms with E-state index in [1.807, 2.05) is 5.10 Å². The number of hydrogen-bond donors (Lipinski definition) is 1. The first-order valence-corrected chi connectivity index (χ1v) is 5.18. The lowest BCUT2D eigenvalue weighted by Gasteiger charge is -2.03. The van der Waals surface area contributed by atoms with Gasteiger partial charge >= 0.3 is 6.18 Å². The van der Waals surface area contributed by atoms with Gasteiger partial charge in [-0.25, -0.2) is 0 Å². The highest BCUT2D eigenvalue weighted by Crippen LogP contribution is 2.34. The summed E-state index contributed by atoms with van der Waals surface area (Å²) in [6.07, 6.45) is -4.51. The lowest BCUT2D eigenvalue weighted by Crippen LogP contribution is -2.08. The van der Waals surface area contributed by atoms with E-state index in [0.29, 0.717) is 10.6 Å². The molecule has 0 spiro atoms. The minimum atomic E-state index is -4.64. The second-order valence-electron chi connectivity index (χ2n) is 3.48. The Bertz CT molecular complexity index is 575. The average Bonchev–Trinajstić information content (AvgIpc) is 2.73. The van der Waals surface area contributed by atoms with Crippen LogP contribution in [0.3, 0.4) is 0 Å². The summed E-state index contributed by atoms with van der Waals surface area (Å²) < 4.78 is 37.7. The summed E-state index contributed by atoms with van der Waals surface area (Å²) in [5.74, 6) is 0. The Balaban J connectivity index is 2.56. The molecule has 0 aliphatic rings. The third kappa shape index (κ3) is 2.24. The van der Waals surface area contributed by atoms with Gasteiger partial charge in [0, 0.05) is 10.6 Å². The highest BCUT2D eigenvalue weighted by atomic mass is 35.5. The molecule has 2 aromatic rings. The minimum absolute atomic E-state index is 0.0472. The topological polar surface area (TPSA) is 45.8 Å². The van der Waals surface area contributed by atoms with Crippen LogP contribution in [0.15, 0.2) is 24.3 Å². The van der Waals surface area contributed by atoms with Gasteiger partial charge < -0.3 is 0 Å². The number of carbonyl (C=O) groups excluding carboxylic acids is 1. The van der Waals surface area contributed by atoms with Crippen molar-refractivity contribution in [1.82, 2.24) is 10.2 Å². The predicted octanol–water partition coefficient (Wildman–Crippen LogP) is 3.56. The normalized spacial score (nSPS) is 11.6. The first-order valence-electron chi connectivity index (χ1n) is 4.80. The number of benzene rings is 1. The number of H-pyrrole nitrogens is 1. The SMILES string of the molecule is O=Cc1c(-c2ccc(Cl)cc2)n[nH]c1C(F)(F)F. The number of alkyl halides is 3. The third-order valence-corrected chi connectivity index (χ3v) is 2.57. The van der Waals surface area contributed by atoms with Crippen molar-refractivity contribution >= 4 is 17.9 Å². The fourth-order valence-corrected chi connectivity index (χ4v) is 1.64. The van der Waals surface area contributed by atoms with Crippen molar-refractivity contribution in [3.63, 3.8) is 0 Å². The molecule has 0 saturated carbocycles. The first-order chi connectivity index (χ1) is 8.43. The van der Waals surface area contributed by atoms with Gasteiger partial charge in [0.1, 0.15) is 5.69 Å². The maximum Gasteiger partial charge on any atom is 0.433 e. The summed E-state index contributed by atoms with van der Waals surface area (Å²) in [7, 11) is 0. The zero-order valence-electron chi connectivity index (χ0n) is 8.75. The van der Waals surface area contributed by atoms with Crippen molar-refractivity contribution in [2.75, 3.05) is 0 Å². The van der Waals surface area contributed by atoms with Gasteiger partial charge in [0.2, 0.25) is 0 Å². The van der Waals surface area contributed by atoms with Crippen LogP contribution >= 0.6 is 11.6 Å². The van der Waals surface area contributed by atoms with Crippen LogP contribution in [0.25, 0.3) is 11.3 Å². The molecule has 7 heteroatoms. The zero-order chi connectivity index (χ0) is 13.3. The van der Waals surface area contributed by atoms with E-state index in [9.17, 15) is 18.0 Å². The van der Waals surface area contributed by atoms with Gasteiger partial charge in [-0.3, -0.25) is 9.89 Å². The molecule has 1 N–H and O–H groups in total. The summed E-state index contributed by atoms with van der Waals surface area (Å²) >= 11 is 5.67. The minimum Gasteiger partial charge on any atom is -0.298 e. The Morgan fingerprint density at radius 2 is 1.83 bits per heavy atom. The van der Waals surface area contributed by atoms with Crippen molar-refractivity contribution in [2.45, 2.75) is 6.18 Å². The molecular formula is C11H6ClF3N2O. The molecule has 0 atom stereocenters. The van der Waals surface area contributed by atoms with Crippen LogP contribution in [0.2, 0.25) is 5.02 Å². The van der Waals surface area contributed by atoms with Crippen molar-refractivity contribution in [3.8, 4) is 11.3 Å². The predicted molar refractivity (Wildman–Crippen MR) is 59.4 cm³/mol. The van der Waals surface area contributed by atoms with Crippen molar-refractivity contribution in [2.24, 2.45) is 0 Å². The summed E-state index contributed by atoms with van der Waals surface area (Å²) in [5, 5.41) is 5.82. The molecule has 2 rings (SSSR count). The van der Waals surface area contributed by atoms with Crippen LogP contribution in [0, 0.1) is 0 Å². The van der Waals surface area contributed by atoms with Crippen LogP contribution in [0.4, 0.5) is 13.2 Å². The molecule has 0 bridgehead atoms. The van der Waals surface area contributed by atoms with E-state index in [-0.39, 0.29) is 12.0 Å². The summed E-state index contributed by atoms with van der Waals surface area (Å²) in [5.41, 5.74) is -1.32. The molecule has 18 heavy (non-hydrogen) atoms. The number of halogens is 4. The molecule has 1 heterocycles. The van der Waals surface area contributed by atoms with Crippen molar-refractivity contribution in [3.05, 3.63) is 40.5 Å². The van der Waals surface area contributed by atoms with Crippen molar-refractivity contribution in [1.29, 1.82) is 0 Å². The Morgan fingerprint density at radius 3 is 2.33 bits per heavy atom. The van der Waals surface area contributed by atoms with E-state index >= 15 is 0 Å². The summed E-state index contributed by atoms with van der Waals surface area (Å²) in [6, 6.07) is 6.00. The van der Waals surface area contributed by atoms with Gasteiger partial charge in [0.05, 0.1) is 5.56 Å². The number of nitrogens with zero attached hydrogens (tertiary/aromatic N) is 1. The number of nitrogens with one attached hydrogen (secondary N) is 1. The van der Waals surface area contributed by atoms with E-state index in [0.717, 1.165) is 0 Å². The lowest BCUT2D eigenvalue weighted by molar-refractivity contribution is -0.141. The van der Waals surface area contributed by atoms with Gasteiger partial charge in [0.25, 0.3) is 0 Å². The standard InChI is InChI=1S/C11H6ClF3N2O/c12-7-3-1-6(2-4-7)9-8(5-18)10(17-16-9)11(13,14)15/h1-5H,(H,16,17). The van der Waals surface area contributed by atoms with E-state index in [2.05, 4.69) is 5.10 Å². The van der Waals surface area contributed by atoms with Crippen LogP contribution in [-0.4, -0.2) is 16.5 Å². The van der Waals surface area contributed by atoms with Gasteiger partial charge in [-0.15, -0.1) is 0 Å². The third-order valence-electron chi connectivity index (χ3n) is 2.32. The lowest BCUT2D eigenvalue weighted by atomic mass is 10.1. The van der Waals surface area contributed by atoms with Crippen LogP contribution < -0.4 is 0 Å². The smallest absolute Gasteiger partial charge is 0.298 e. The van der Waals surface area contributed by atoms with Gasteiger partial charge in [-0.05, 0) is 12.1 Å². The number of rotatable bonds is 2. The Kier molecular flexibility index (Phi) is 3.13. The van der Waals surface area contributed by atoms with Crippen molar-refractivity contribution < 1.29 is 18.0 Å². The fraction of sp³-hybridized carbons (Fsp3) is 0.0909. The fourth-order valence-electron chi connectivity index (χ4n) is 1.51. The molecule has 0 unspecified atom stereocenters. The van der Waals surface area contributed by atoms with Gasteiger partial charge in [-0.1, -0.05) is 23.7 Å². The second kappa shape index (κ2) is 4.45.